The van der Waals surface area contributed by atoms with Gasteiger partial charge >= 0.3 is 0 Å². The molecule has 0 aliphatic heterocycles. The van der Waals surface area contributed by atoms with Gasteiger partial charge in [0.05, 0.1) is 0 Å². The van der Waals surface area contributed by atoms with Crippen LogP contribution in [0.5, 0.6) is 0 Å². The van der Waals surface area contributed by atoms with E-state index < -0.39 is 0 Å². The van der Waals surface area contributed by atoms with Crippen molar-refractivity contribution in [2.24, 2.45) is 11.5 Å². The summed E-state index contributed by atoms with van der Waals surface area (Å²) in [6, 6.07) is 0. The smallest absolute Gasteiger partial charge is 0.00773 e. The minimum atomic E-state index is 0.824. The van der Waals surface area contributed by atoms with Crippen LogP contribution in [-0.2, 0) is 0 Å². The van der Waals surface area contributed by atoms with Crippen LogP contribution in [0.4, 0.5) is 0 Å². The third-order valence-corrected chi connectivity index (χ3v) is 2.12. The maximum Gasteiger partial charge on any atom is -0.00773 e. The Bertz CT molecular complexity index is 64.7. The third kappa shape index (κ3) is 22.7. The van der Waals surface area contributed by atoms with Crippen LogP contribution >= 0.6 is 0 Å². The van der Waals surface area contributed by atoms with Crippen molar-refractivity contribution in [2.75, 3.05) is 13.1 Å². The summed E-state index contributed by atoms with van der Waals surface area (Å²) in [6.07, 6.45) is 10.3. The molecule has 0 spiro atoms. The molecule has 0 atom stereocenters. The maximum absolute atomic E-state index is 5.28. The van der Waals surface area contributed by atoms with E-state index in [4.69, 9.17) is 11.5 Å². The average molecular weight is 202 g/mol. The van der Waals surface area contributed by atoms with Crippen LogP contribution in [0.3, 0.4) is 0 Å². The number of unbranched alkanes of at least 4 members (excludes halogenated alkanes) is 6. The van der Waals surface area contributed by atoms with E-state index in [0.29, 0.717) is 0 Å². The molecule has 2 heteroatoms. The van der Waals surface area contributed by atoms with Crippen molar-refractivity contribution >= 4 is 0 Å². The molecule has 0 aromatic carbocycles. The lowest BCUT2D eigenvalue weighted by Crippen LogP contribution is -2.00. The summed E-state index contributed by atoms with van der Waals surface area (Å²) in [5, 5.41) is 0. The van der Waals surface area contributed by atoms with Gasteiger partial charge in [-0.25, -0.2) is 0 Å². The molecule has 0 heterocycles. The predicted octanol–water partition coefficient (Wildman–Crippen LogP) is 3.05. The van der Waals surface area contributed by atoms with Crippen LogP contribution < -0.4 is 11.5 Å². The normalized spacial score (nSPS) is 9.43. The quantitative estimate of drug-likeness (QED) is 0.594. The molecule has 0 aromatic heterocycles. The van der Waals surface area contributed by atoms with Crippen LogP contribution in [-0.4, -0.2) is 13.1 Å². The molecule has 0 fully saturated rings. The Hall–Kier alpha value is -0.0800. The topological polar surface area (TPSA) is 52.0 Å². The van der Waals surface area contributed by atoms with Crippen molar-refractivity contribution in [3.63, 3.8) is 0 Å². The molecule has 0 amide bonds. The Labute approximate surface area is 90.4 Å². The Morgan fingerprint density at radius 2 is 0.929 bits per heavy atom. The molecule has 2 nitrogen and oxygen atoms in total. The van der Waals surface area contributed by atoms with Gasteiger partial charge in [-0.15, -0.1) is 0 Å². The van der Waals surface area contributed by atoms with Gasteiger partial charge in [-0.05, 0) is 25.9 Å². The van der Waals surface area contributed by atoms with Gasteiger partial charge in [0.1, 0.15) is 0 Å². The van der Waals surface area contributed by atoms with Gasteiger partial charge in [-0.1, -0.05) is 52.4 Å². The highest BCUT2D eigenvalue weighted by Gasteiger charge is 1.83. The zero-order chi connectivity index (χ0) is 11.1. The minimum Gasteiger partial charge on any atom is -0.330 e. The molecule has 0 aliphatic carbocycles. The summed E-state index contributed by atoms with van der Waals surface area (Å²) in [4.78, 5) is 0. The number of hydrogen-bond acceptors (Lipinski definition) is 2. The minimum absolute atomic E-state index is 0.824. The Morgan fingerprint density at radius 1 is 0.571 bits per heavy atom. The molecule has 4 N–H and O–H groups in total. The van der Waals surface area contributed by atoms with E-state index in [0.717, 1.165) is 25.9 Å². The highest BCUT2D eigenvalue weighted by Crippen LogP contribution is 1.95. The monoisotopic (exact) mass is 202 g/mol. The van der Waals surface area contributed by atoms with Gasteiger partial charge in [0.2, 0.25) is 0 Å². The Morgan fingerprint density at radius 3 is 1.14 bits per heavy atom. The molecular weight excluding hydrogens is 172 g/mol. The van der Waals surface area contributed by atoms with Crippen molar-refractivity contribution in [3.8, 4) is 0 Å². The molecule has 14 heavy (non-hydrogen) atoms. The molecule has 0 rings (SSSR count). The highest BCUT2D eigenvalue weighted by molar-refractivity contribution is 4.43. The number of rotatable bonds is 8. The zero-order valence-corrected chi connectivity index (χ0v) is 10.2. The third-order valence-electron chi connectivity index (χ3n) is 2.12. The van der Waals surface area contributed by atoms with E-state index in [9.17, 15) is 0 Å². The predicted molar refractivity (Wildman–Crippen MR) is 66.4 cm³/mol. The molecule has 88 valence electrons. The van der Waals surface area contributed by atoms with Gasteiger partial charge in [0.15, 0.2) is 0 Å². The Kier molecular flexibility index (Phi) is 21.8. The lowest BCUT2D eigenvalue weighted by molar-refractivity contribution is 0.653. The summed E-state index contributed by atoms with van der Waals surface area (Å²) in [5.41, 5.74) is 10.6. The molecule has 0 aromatic rings. The van der Waals surface area contributed by atoms with Gasteiger partial charge in [-0.3, -0.25) is 0 Å². The van der Waals surface area contributed by atoms with Crippen LogP contribution in [0.1, 0.15) is 65.2 Å². The van der Waals surface area contributed by atoms with Crippen molar-refractivity contribution in [3.05, 3.63) is 0 Å². The molecule has 0 saturated heterocycles. The lowest BCUT2D eigenvalue weighted by Gasteiger charge is -1.94. The number of hydrogen-bond donors (Lipinski definition) is 2. The van der Waals surface area contributed by atoms with Gasteiger partial charge in [0.25, 0.3) is 0 Å². The van der Waals surface area contributed by atoms with Crippen LogP contribution in [0, 0.1) is 0 Å². The molecule has 0 radical (unpaired) electrons. The summed E-state index contributed by atoms with van der Waals surface area (Å²) >= 11 is 0. The number of nitrogens with two attached hydrogens (primary N) is 2. The first-order chi connectivity index (χ1) is 6.83. The lowest BCUT2D eigenvalue weighted by atomic mass is 10.2. The van der Waals surface area contributed by atoms with Crippen molar-refractivity contribution in [2.45, 2.75) is 65.2 Å². The first-order valence-corrected chi connectivity index (χ1v) is 6.23. The van der Waals surface area contributed by atoms with Gasteiger partial charge in [-0.2, -0.15) is 0 Å². The van der Waals surface area contributed by atoms with Crippen LogP contribution in [0.2, 0.25) is 0 Å². The van der Waals surface area contributed by atoms with Crippen molar-refractivity contribution in [1.82, 2.24) is 0 Å². The first kappa shape index (κ1) is 16.4. The summed E-state index contributed by atoms with van der Waals surface area (Å²) in [5.74, 6) is 0. The first-order valence-electron chi connectivity index (χ1n) is 6.23. The molecular formula is C12H30N2. The summed E-state index contributed by atoms with van der Waals surface area (Å²) < 4.78 is 0. The molecule has 0 saturated carbocycles. The fourth-order valence-electron chi connectivity index (χ4n) is 1.14. The van der Waals surface area contributed by atoms with E-state index in [1.807, 2.05) is 0 Å². The van der Waals surface area contributed by atoms with Crippen molar-refractivity contribution in [1.29, 1.82) is 0 Å². The second kappa shape index (κ2) is 18.7. The van der Waals surface area contributed by atoms with Gasteiger partial charge in [0, 0.05) is 0 Å². The van der Waals surface area contributed by atoms with E-state index in [1.54, 1.807) is 0 Å². The van der Waals surface area contributed by atoms with E-state index in [2.05, 4.69) is 13.8 Å². The highest BCUT2D eigenvalue weighted by atomic mass is 14.5. The fraction of sp³-hybridized carbons (Fsp3) is 1.00. The molecule has 0 aliphatic rings. The zero-order valence-electron chi connectivity index (χ0n) is 10.2. The van der Waals surface area contributed by atoms with E-state index in [-0.39, 0.29) is 0 Å². The largest absolute Gasteiger partial charge is 0.330 e. The van der Waals surface area contributed by atoms with Crippen molar-refractivity contribution < 1.29 is 0 Å². The SMILES string of the molecule is CCCCCC.NCCCCCCN. The molecule has 0 bridgehead atoms. The molecule has 0 unspecified atom stereocenters. The average Bonchev–Trinajstić information content (AvgIpc) is 2.22. The van der Waals surface area contributed by atoms with Gasteiger partial charge < -0.3 is 11.5 Å². The van der Waals surface area contributed by atoms with E-state index >= 15 is 0 Å². The van der Waals surface area contributed by atoms with Crippen LogP contribution in [0.15, 0.2) is 0 Å². The van der Waals surface area contributed by atoms with E-state index in [1.165, 1.54) is 38.5 Å². The second-order valence-corrected chi connectivity index (χ2v) is 3.70. The fourth-order valence-corrected chi connectivity index (χ4v) is 1.14. The maximum atomic E-state index is 5.28. The standard InChI is InChI=1S/C6H16N2.C6H14/c7-5-3-1-2-4-6-8;1-3-5-6-4-2/h1-8H2;3-6H2,1-2H3. The summed E-state index contributed by atoms with van der Waals surface area (Å²) in [7, 11) is 0. The second-order valence-electron chi connectivity index (χ2n) is 3.70. The van der Waals surface area contributed by atoms with Crippen LogP contribution in [0.25, 0.3) is 0 Å². The Balaban J connectivity index is 0. The summed E-state index contributed by atoms with van der Waals surface area (Å²) in [6.45, 7) is 6.11.